The molecular weight excluding hydrogens is 214 g/mol. The minimum atomic E-state index is -1.01. The van der Waals surface area contributed by atoms with Gasteiger partial charge in [0.1, 0.15) is 0 Å². The average Bonchev–Trinajstić information content (AvgIpc) is 2.66. The van der Waals surface area contributed by atoms with Crippen LogP contribution in [0, 0.1) is 0 Å². The third-order valence-corrected chi connectivity index (χ3v) is 2.18. The van der Waals surface area contributed by atoms with Crippen LogP contribution in [-0.2, 0) is 0 Å². The Hall–Kier alpha value is -1.48. The van der Waals surface area contributed by atoms with Crippen molar-refractivity contribution in [2.45, 2.75) is 13.8 Å². The fraction of sp³-hybridized carbons (Fsp3) is 0.182. The zero-order valence-corrected chi connectivity index (χ0v) is 9.30. The Bertz CT molecular complexity index is 476. The number of hydrogen-bond donors (Lipinski definition) is 2. The lowest BCUT2D eigenvalue weighted by Crippen LogP contribution is -1.96. The predicted octanol–water partition coefficient (Wildman–Crippen LogP) is 3.55. The van der Waals surface area contributed by atoms with Crippen LogP contribution >= 0.6 is 11.6 Å². The first-order chi connectivity index (χ1) is 7.18. The molecule has 0 unspecified atom stereocenters. The van der Waals surface area contributed by atoms with Crippen molar-refractivity contribution in [2.75, 3.05) is 0 Å². The maximum Gasteiger partial charge on any atom is 0.337 e. The second-order valence-electron chi connectivity index (χ2n) is 2.70. The fourth-order valence-corrected chi connectivity index (χ4v) is 1.48. The number of fused-ring (bicyclic) bond motifs is 1. The predicted molar refractivity (Wildman–Crippen MR) is 61.6 cm³/mol. The number of aromatic amines is 1. The van der Waals surface area contributed by atoms with Crippen LogP contribution in [0.5, 0.6) is 0 Å². The largest absolute Gasteiger partial charge is 0.478 e. The number of H-pyrrole nitrogens is 1. The molecule has 0 amide bonds. The molecule has 2 rings (SSSR count). The number of rotatable bonds is 1. The molecule has 0 radical (unpaired) electrons. The molecule has 15 heavy (non-hydrogen) atoms. The summed E-state index contributed by atoms with van der Waals surface area (Å²) in [5.74, 6) is -1.01. The highest BCUT2D eigenvalue weighted by Gasteiger charge is 2.09. The molecule has 0 fully saturated rings. The van der Waals surface area contributed by atoms with Crippen LogP contribution in [0.4, 0.5) is 0 Å². The molecule has 0 aliphatic rings. The van der Waals surface area contributed by atoms with Crippen LogP contribution in [0.2, 0.25) is 5.02 Å². The van der Waals surface area contributed by atoms with E-state index < -0.39 is 5.97 Å². The van der Waals surface area contributed by atoms with Crippen LogP contribution in [0.1, 0.15) is 24.2 Å². The highest BCUT2D eigenvalue weighted by molar-refractivity contribution is 6.34. The van der Waals surface area contributed by atoms with Crippen LogP contribution < -0.4 is 0 Å². The molecule has 4 heteroatoms. The van der Waals surface area contributed by atoms with E-state index in [1.807, 2.05) is 13.8 Å². The molecule has 0 bridgehead atoms. The van der Waals surface area contributed by atoms with Gasteiger partial charge in [-0.05, 0) is 18.2 Å². The molecule has 2 aromatic rings. The Morgan fingerprint density at radius 2 is 2.07 bits per heavy atom. The summed E-state index contributed by atoms with van der Waals surface area (Å²) in [7, 11) is 0. The zero-order valence-electron chi connectivity index (χ0n) is 8.54. The summed E-state index contributed by atoms with van der Waals surface area (Å²) in [5, 5.41) is 9.87. The highest BCUT2D eigenvalue weighted by Crippen LogP contribution is 2.22. The van der Waals surface area contributed by atoms with Gasteiger partial charge in [-0.2, -0.15) is 0 Å². The fourth-order valence-electron chi connectivity index (χ4n) is 1.24. The van der Waals surface area contributed by atoms with Gasteiger partial charge in [0.05, 0.1) is 10.6 Å². The highest BCUT2D eigenvalue weighted by atomic mass is 35.5. The van der Waals surface area contributed by atoms with Crippen molar-refractivity contribution in [1.82, 2.24) is 4.98 Å². The molecule has 0 spiro atoms. The van der Waals surface area contributed by atoms with E-state index >= 15 is 0 Å². The Morgan fingerprint density at radius 1 is 1.40 bits per heavy atom. The van der Waals surface area contributed by atoms with E-state index in [2.05, 4.69) is 4.98 Å². The van der Waals surface area contributed by atoms with Gasteiger partial charge in [-0.25, -0.2) is 4.79 Å². The Balaban J connectivity index is 0.000000531. The van der Waals surface area contributed by atoms with Crippen LogP contribution in [0.25, 0.3) is 10.9 Å². The zero-order chi connectivity index (χ0) is 11.4. The molecule has 3 nitrogen and oxygen atoms in total. The Kier molecular flexibility index (Phi) is 3.74. The quantitative estimate of drug-likeness (QED) is 0.780. The Labute approximate surface area is 92.7 Å². The van der Waals surface area contributed by atoms with Gasteiger partial charge in [-0.3, -0.25) is 0 Å². The van der Waals surface area contributed by atoms with Crippen molar-refractivity contribution in [2.24, 2.45) is 0 Å². The topological polar surface area (TPSA) is 53.1 Å². The normalized spacial score (nSPS) is 9.53. The lowest BCUT2D eigenvalue weighted by atomic mass is 10.1. The van der Waals surface area contributed by atoms with Crippen molar-refractivity contribution in [3.05, 3.63) is 35.0 Å². The summed E-state index contributed by atoms with van der Waals surface area (Å²) in [6.07, 6.45) is 1.74. The standard InChI is InChI=1S/C9H6ClNO2.C2H6/c10-7-4-8-5(1-2-11-8)3-6(7)9(12)13;1-2/h1-4,11H,(H,12,13);1-2H3. The van der Waals surface area contributed by atoms with E-state index in [-0.39, 0.29) is 10.6 Å². The second kappa shape index (κ2) is 4.84. The number of carboxylic acid groups (broad SMARTS) is 1. The minimum Gasteiger partial charge on any atom is -0.478 e. The van der Waals surface area contributed by atoms with E-state index in [4.69, 9.17) is 16.7 Å². The average molecular weight is 226 g/mol. The molecule has 0 aliphatic carbocycles. The van der Waals surface area contributed by atoms with Crippen molar-refractivity contribution in [3.63, 3.8) is 0 Å². The van der Waals surface area contributed by atoms with E-state index in [9.17, 15) is 4.79 Å². The van der Waals surface area contributed by atoms with Gasteiger partial charge in [0.25, 0.3) is 0 Å². The number of carboxylic acids is 1. The molecule has 2 N–H and O–H groups in total. The summed E-state index contributed by atoms with van der Waals surface area (Å²) < 4.78 is 0. The van der Waals surface area contributed by atoms with Crippen molar-refractivity contribution >= 4 is 28.5 Å². The summed E-state index contributed by atoms with van der Waals surface area (Å²) in [6, 6.07) is 4.97. The van der Waals surface area contributed by atoms with Gasteiger partial charge in [0, 0.05) is 17.1 Å². The number of hydrogen-bond acceptors (Lipinski definition) is 1. The van der Waals surface area contributed by atoms with Gasteiger partial charge in [-0.1, -0.05) is 25.4 Å². The van der Waals surface area contributed by atoms with Gasteiger partial charge < -0.3 is 10.1 Å². The van der Waals surface area contributed by atoms with Gasteiger partial charge >= 0.3 is 5.97 Å². The van der Waals surface area contributed by atoms with Crippen LogP contribution in [0.15, 0.2) is 24.4 Å². The molecule has 1 aromatic carbocycles. The summed E-state index contributed by atoms with van der Waals surface area (Å²) in [5.41, 5.74) is 0.976. The lowest BCUT2D eigenvalue weighted by Gasteiger charge is -1.98. The SMILES string of the molecule is CC.O=C(O)c1cc2cc[nH]c2cc1Cl. The first kappa shape index (κ1) is 11.6. The van der Waals surface area contributed by atoms with Crippen molar-refractivity contribution in [1.29, 1.82) is 0 Å². The smallest absolute Gasteiger partial charge is 0.337 e. The summed E-state index contributed by atoms with van der Waals surface area (Å²) >= 11 is 5.75. The van der Waals surface area contributed by atoms with Gasteiger partial charge in [0.15, 0.2) is 0 Å². The van der Waals surface area contributed by atoms with E-state index in [0.29, 0.717) is 0 Å². The molecule has 1 heterocycles. The van der Waals surface area contributed by atoms with Gasteiger partial charge in [0.2, 0.25) is 0 Å². The van der Waals surface area contributed by atoms with Crippen LogP contribution in [0.3, 0.4) is 0 Å². The first-order valence-corrected chi connectivity index (χ1v) is 5.06. The lowest BCUT2D eigenvalue weighted by molar-refractivity contribution is 0.0697. The molecule has 0 saturated heterocycles. The maximum absolute atomic E-state index is 10.7. The number of carbonyl (C=O) groups is 1. The summed E-state index contributed by atoms with van der Waals surface area (Å²) in [6.45, 7) is 4.00. The van der Waals surface area contributed by atoms with Crippen LogP contribution in [-0.4, -0.2) is 16.1 Å². The minimum absolute atomic E-state index is 0.133. The van der Waals surface area contributed by atoms with Crippen molar-refractivity contribution in [3.8, 4) is 0 Å². The molecule has 0 atom stereocenters. The third-order valence-electron chi connectivity index (χ3n) is 1.87. The Morgan fingerprint density at radius 3 is 2.67 bits per heavy atom. The molecule has 0 saturated carbocycles. The maximum atomic E-state index is 10.7. The van der Waals surface area contributed by atoms with E-state index in [1.54, 1.807) is 24.4 Å². The molecule has 1 aromatic heterocycles. The van der Waals surface area contributed by atoms with E-state index in [1.165, 1.54) is 0 Å². The second-order valence-corrected chi connectivity index (χ2v) is 3.11. The number of aromatic nitrogens is 1. The first-order valence-electron chi connectivity index (χ1n) is 4.68. The number of benzene rings is 1. The van der Waals surface area contributed by atoms with Crippen molar-refractivity contribution < 1.29 is 9.90 Å². The van der Waals surface area contributed by atoms with Gasteiger partial charge in [-0.15, -0.1) is 0 Å². The number of halogens is 1. The monoisotopic (exact) mass is 225 g/mol. The third kappa shape index (κ3) is 2.30. The number of aromatic carboxylic acids is 1. The molecule has 80 valence electrons. The molecule has 0 aliphatic heterocycles. The van der Waals surface area contributed by atoms with E-state index in [0.717, 1.165) is 10.9 Å². The molecular formula is C11H12ClNO2. The number of nitrogens with one attached hydrogen (secondary N) is 1. The summed E-state index contributed by atoms with van der Waals surface area (Å²) in [4.78, 5) is 13.6.